The maximum atomic E-state index is 12.7. The van der Waals surface area contributed by atoms with E-state index >= 15 is 0 Å². The zero-order valence-corrected chi connectivity index (χ0v) is 13.9. The number of anilines is 1. The number of piperidine rings is 1. The average molecular weight is 366 g/mol. The van der Waals surface area contributed by atoms with Crippen molar-refractivity contribution >= 4 is 39.3 Å². The summed E-state index contributed by atoms with van der Waals surface area (Å²) in [6.07, 6.45) is 0.636. The lowest BCUT2D eigenvalue weighted by molar-refractivity contribution is -0.136. The standard InChI is InChI=1S/C15H16BrN3O3/c1-18(2)10-4-3-9(16)13-8(10)7-19(15(13)22)11-5-6-12(20)17-14(11)21/h3-4,11H,5-7H2,1-2H3,(H,17,20,21). The van der Waals surface area contributed by atoms with Crippen LogP contribution in [0.1, 0.15) is 28.8 Å². The van der Waals surface area contributed by atoms with E-state index in [4.69, 9.17) is 0 Å². The number of benzene rings is 1. The van der Waals surface area contributed by atoms with Crippen molar-refractivity contribution in [1.82, 2.24) is 10.2 Å². The number of imide groups is 1. The fraction of sp³-hybridized carbons (Fsp3) is 0.400. The van der Waals surface area contributed by atoms with Gasteiger partial charge in [-0.1, -0.05) is 0 Å². The van der Waals surface area contributed by atoms with Gasteiger partial charge in [-0.05, 0) is 34.5 Å². The summed E-state index contributed by atoms with van der Waals surface area (Å²) >= 11 is 3.43. The maximum absolute atomic E-state index is 12.7. The van der Waals surface area contributed by atoms with Crippen LogP contribution in [0.15, 0.2) is 16.6 Å². The Morgan fingerprint density at radius 3 is 2.64 bits per heavy atom. The maximum Gasteiger partial charge on any atom is 0.256 e. The topological polar surface area (TPSA) is 69.7 Å². The molecule has 1 N–H and O–H groups in total. The molecule has 3 rings (SSSR count). The molecule has 0 radical (unpaired) electrons. The summed E-state index contributed by atoms with van der Waals surface area (Å²) in [6.45, 7) is 0.382. The number of hydrogen-bond acceptors (Lipinski definition) is 4. The minimum absolute atomic E-state index is 0.167. The highest BCUT2D eigenvalue weighted by Crippen LogP contribution is 2.37. The quantitative estimate of drug-likeness (QED) is 0.801. The highest BCUT2D eigenvalue weighted by Gasteiger charge is 2.41. The Kier molecular flexibility index (Phi) is 3.68. The van der Waals surface area contributed by atoms with E-state index in [0.717, 1.165) is 15.7 Å². The minimum atomic E-state index is -0.584. The number of fused-ring (bicyclic) bond motifs is 1. The van der Waals surface area contributed by atoms with Crippen LogP contribution in [-0.4, -0.2) is 42.8 Å². The van der Waals surface area contributed by atoms with E-state index in [2.05, 4.69) is 21.2 Å². The Labute approximate surface area is 136 Å². The van der Waals surface area contributed by atoms with Crippen LogP contribution in [0.25, 0.3) is 0 Å². The van der Waals surface area contributed by atoms with Crippen LogP contribution in [0.2, 0.25) is 0 Å². The largest absolute Gasteiger partial charge is 0.377 e. The predicted octanol–water partition coefficient (Wildman–Crippen LogP) is 1.28. The smallest absolute Gasteiger partial charge is 0.256 e. The highest BCUT2D eigenvalue weighted by atomic mass is 79.9. The van der Waals surface area contributed by atoms with Gasteiger partial charge in [0.05, 0.1) is 5.56 Å². The Bertz CT molecular complexity index is 687. The lowest BCUT2D eigenvalue weighted by atomic mass is 10.0. The fourth-order valence-corrected chi connectivity index (χ4v) is 3.58. The summed E-state index contributed by atoms with van der Waals surface area (Å²) in [5.74, 6) is -0.833. The monoisotopic (exact) mass is 365 g/mol. The van der Waals surface area contributed by atoms with Crippen molar-refractivity contribution in [3.63, 3.8) is 0 Å². The zero-order valence-electron chi connectivity index (χ0n) is 12.4. The van der Waals surface area contributed by atoms with Crippen LogP contribution in [0.4, 0.5) is 5.69 Å². The van der Waals surface area contributed by atoms with Crippen LogP contribution >= 0.6 is 15.9 Å². The van der Waals surface area contributed by atoms with Crippen molar-refractivity contribution in [3.8, 4) is 0 Å². The molecule has 1 saturated heterocycles. The van der Waals surface area contributed by atoms with Gasteiger partial charge in [0.1, 0.15) is 6.04 Å². The highest BCUT2D eigenvalue weighted by molar-refractivity contribution is 9.10. The number of carbonyl (C=O) groups is 3. The van der Waals surface area contributed by atoms with Crippen LogP contribution in [0.5, 0.6) is 0 Å². The second kappa shape index (κ2) is 5.39. The molecule has 0 aliphatic carbocycles. The number of nitrogens with zero attached hydrogens (tertiary/aromatic N) is 2. The number of nitrogens with one attached hydrogen (secondary N) is 1. The third-order valence-corrected chi connectivity index (χ3v) is 4.77. The van der Waals surface area contributed by atoms with Crippen molar-refractivity contribution in [1.29, 1.82) is 0 Å². The van der Waals surface area contributed by atoms with Gasteiger partial charge in [-0.2, -0.15) is 0 Å². The van der Waals surface area contributed by atoms with Crippen molar-refractivity contribution in [3.05, 3.63) is 27.7 Å². The number of halogens is 1. The van der Waals surface area contributed by atoms with Crippen molar-refractivity contribution in [2.75, 3.05) is 19.0 Å². The SMILES string of the molecule is CN(C)c1ccc(Br)c2c1CN(C1CCC(=O)NC1=O)C2=O. The molecular weight excluding hydrogens is 350 g/mol. The average Bonchev–Trinajstić information content (AvgIpc) is 2.77. The predicted molar refractivity (Wildman–Crippen MR) is 84.5 cm³/mol. The van der Waals surface area contributed by atoms with E-state index in [9.17, 15) is 14.4 Å². The molecule has 116 valence electrons. The molecule has 1 aromatic rings. The first-order chi connectivity index (χ1) is 10.4. The Morgan fingerprint density at radius 1 is 1.27 bits per heavy atom. The van der Waals surface area contributed by atoms with Gasteiger partial charge in [-0.25, -0.2) is 0 Å². The normalized spacial score (nSPS) is 21.0. The fourth-order valence-electron chi connectivity index (χ4n) is 3.04. The number of carbonyl (C=O) groups excluding carboxylic acids is 3. The Hall–Kier alpha value is -1.89. The van der Waals surface area contributed by atoms with Crippen molar-refractivity contribution in [2.45, 2.75) is 25.4 Å². The summed E-state index contributed by atoms with van der Waals surface area (Å²) in [6, 6.07) is 3.21. The van der Waals surface area contributed by atoms with Gasteiger partial charge in [0.25, 0.3) is 5.91 Å². The lowest BCUT2D eigenvalue weighted by Gasteiger charge is -2.29. The second-order valence-electron chi connectivity index (χ2n) is 5.71. The minimum Gasteiger partial charge on any atom is -0.377 e. The Morgan fingerprint density at radius 2 is 2.00 bits per heavy atom. The molecule has 1 fully saturated rings. The first-order valence-electron chi connectivity index (χ1n) is 7.03. The first-order valence-corrected chi connectivity index (χ1v) is 7.83. The molecule has 7 heteroatoms. The van der Waals surface area contributed by atoms with Gasteiger partial charge in [0, 0.05) is 42.8 Å². The third-order valence-electron chi connectivity index (χ3n) is 4.11. The molecule has 2 aliphatic rings. The molecule has 0 saturated carbocycles. The zero-order chi connectivity index (χ0) is 16.0. The van der Waals surface area contributed by atoms with E-state index in [1.807, 2.05) is 31.1 Å². The number of rotatable bonds is 2. The Balaban J connectivity index is 1.97. The molecule has 0 spiro atoms. The lowest BCUT2D eigenvalue weighted by Crippen LogP contribution is -2.52. The number of hydrogen-bond donors (Lipinski definition) is 1. The summed E-state index contributed by atoms with van der Waals surface area (Å²) in [5, 5.41) is 2.31. The van der Waals surface area contributed by atoms with Crippen molar-refractivity contribution in [2.24, 2.45) is 0 Å². The molecule has 0 bridgehead atoms. The van der Waals surface area contributed by atoms with E-state index in [0.29, 0.717) is 18.5 Å². The van der Waals surface area contributed by atoms with E-state index in [1.54, 1.807) is 4.90 Å². The van der Waals surface area contributed by atoms with Crippen molar-refractivity contribution < 1.29 is 14.4 Å². The summed E-state index contributed by atoms with van der Waals surface area (Å²) in [5.41, 5.74) is 2.48. The van der Waals surface area contributed by atoms with E-state index in [-0.39, 0.29) is 24.1 Å². The van der Waals surface area contributed by atoms with Gasteiger partial charge in [0.15, 0.2) is 0 Å². The van der Waals surface area contributed by atoms with Crippen LogP contribution < -0.4 is 10.2 Å². The third kappa shape index (κ3) is 2.29. The van der Waals surface area contributed by atoms with Gasteiger partial charge in [-0.15, -0.1) is 0 Å². The second-order valence-corrected chi connectivity index (χ2v) is 6.57. The van der Waals surface area contributed by atoms with Gasteiger partial charge in [-0.3, -0.25) is 19.7 Å². The van der Waals surface area contributed by atoms with Gasteiger partial charge >= 0.3 is 0 Å². The van der Waals surface area contributed by atoms with E-state index < -0.39 is 6.04 Å². The molecule has 3 amide bonds. The summed E-state index contributed by atoms with van der Waals surface area (Å²) in [4.78, 5) is 39.6. The molecule has 2 heterocycles. The van der Waals surface area contributed by atoms with Crippen LogP contribution in [0, 0.1) is 0 Å². The molecule has 2 aliphatic heterocycles. The summed E-state index contributed by atoms with van der Waals surface area (Å²) < 4.78 is 0.730. The number of amides is 3. The summed E-state index contributed by atoms with van der Waals surface area (Å²) in [7, 11) is 3.84. The first kappa shape index (κ1) is 15.0. The molecule has 0 aromatic heterocycles. The molecule has 1 atom stereocenters. The molecular formula is C15H16BrN3O3. The van der Waals surface area contributed by atoms with Gasteiger partial charge in [0.2, 0.25) is 11.8 Å². The van der Waals surface area contributed by atoms with E-state index in [1.165, 1.54) is 0 Å². The van der Waals surface area contributed by atoms with Crippen LogP contribution in [-0.2, 0) is 16.1 Å². The molecule has 6 nitrogen and oxygen atoms in total. The molecule has 1 unspecified atom stereocenters. The molecule has 22 heavy (non-hydrogen) atoms. The van der Waals surface area contributed by atoms with Crippen LogP contribution in [0.3, 0.4) is 0 Å². The molecule has 1 aromatic carbocycles. The van der Waals surface area contributed by atoms with Gasteiger partial charge < -0.3 is 9.80 Å².